The number of anilines is 1. The Labute approximate surface area is 220 Å². The molecule has 0 bridgehead atoms. The van der Waals surface area contributed by atoms with Gasteiger partial charge >= 0.3 is 0 Å². The Morgan fingerprint density at radius 2 is 1.47 bits per heavy atom. The van der Waals surface area contributed by atoms with Crippen LogP contribution in [0.25, 0.3) is 11.1 Å². The van der Waals surface area contributed by atoms with Crippen molar-refractivity contribution in [1.29, 1.82) is 0 Å². The van der Waals surface area contributed by atoms with Crippen LogP contribution in [0.5, 0.6) is 0 Å². The molecule has 3 amide bonds. The molecule has 3 aromatic carbocycles. The third-order valence-electron chi connectivity index (χ3n) is 5.58. The highest BCUT2D eigenvalue weighted by atomic mass is 32.2. The summed E-state index contributed by atoms with van der Waals surface area (Å²) in [4.78, 5) is 36.3. The molecule has 3 aromatic rings. The van der Waals surface area contributed by atoms with Crippen molar-refractivity contribution in [1.82, 2.24) is 16.1 Å². The molecule has 0 radical (unpaired) electrons. The average Bonchev–Trinajstić information content (AvgIpc) is 2.91. The van der Waals surface area contributed by atoms with Crippen LogP contribution in [0, 0.1) is 0 Å². The molecule has 7 N–H and O–H groups in total. The van der Waals surface area contributed by atoms with E-state index in [1.54, 1.807) is 48.5 Å². The summed E-state index contributed by atoms with van der Waals surface area (Å²) in [6.45, 7) is 0.312. The topological polar surface area (TPSA) is 180 Å². The van der Waals surface area contributed by atoms with E-state index in [4.69, 9.17) is 10.9 Å². The van der Waals surface area contributed by atoms with Crippen molar-refractivity contribution in [3.8, 4) is 11.1 Å². The molecule has 0 saturated carbocycles. The van der Waals surface area contributed by atoms with Gasteiger partial charge in [0.15, 0.2) is 9.84 Å². The molecular weight excluding hydrogens is 510 g/mol. The first kappa shape index (κ1) is 28.5. The van der Waals surface area contributed by atoms with Gasteiger partial charge in [0.25, 0.3) is 11.8 Å². The zero-order valence-corrected chi connectivity index (χ0v) is 21.4. The van der Waals surface area contributed by atoms with Crippen LogP contribution in [-0.4, -0.2) is 56.7 Å². The van der Waals surface area contributed by atoms with Crippen LogP contribution in [0.3, 0.4) is 0 Å². The zero-order chi connectivity index (χ0) is 27.7. The molecule has 0 heterocycles. The summed E-state index contributed by atoms with van der Waals surface area (Å²) in [6, 6.07) is 19.3. The Bertz CT molecular complexity index is 1380. The molecular formula is C26H29N5O6S. The molecule has 11 nitrogen and oxygen atoms in total. The highest BCUT2D eigenvalue weighted by Crippen LogP contribution is 2.22. The fourth-order valence-corrected chi connectivity index (χ4v) is 4.12. The lowest BCUT2D eigenvalue weighted by atomic mass is 10.0. The molecule has 0 aliphatic heterocycles. The summed E-state index contributed by atoms with van der Waals surface area (Å²) >= 11 is 0. The number of rotatable bonds is 11. The van der Waals surface area contributed by atoms with Crippen molar-refractivity contribution >= 4 is 33.2 Å². The summed E-state index contributed by atoms with van der Waals surface area (Å²) in [7, 11) is -3.25. The second-order valence-electron chi connectivity index (χ2n) is 8.46. The van der Waals surface area contributed by atoms with Crippen LogP contribution in [0.2, 0.25) is 0 Å². The molecule has 0 saturated heterocycles. The van der Waals surface area contributed by atoms with E-state index >= 15 is 0 Å². The van der Waals surface area contributed by atoms with Gasteiger partial charge in [-0.2, -0.15) is 0 Å². The van der Waals surface area contributed by atoms with Crippen LogP contribution in [0.4, 0.5) is 5.69 Å². The SMILES string of the molecule is CS(=O)(=O)c1ccc(CNCC(=O)Nc2ccc(-c3ccc(C(=O)N[C@@H](CN)C(=O)NO)cc3)cc2)cc1. The minimum Gasteiger partial charge on any atom is -0.339 e. The Hall–Kier alpha value is -4.10. The lowest BCUT2D eigenvalue weighted by Gasteiger charge is -2.14. The monoisotopic (exact) mass is 539 g/mol. The van der Waals surface area contributed by atoms with Gasteiger partial charge in [0.05, 0.1) is 11.4 Å². The number of sulfone groups is 1. The number of nitrogens with one attached hydrogen (secondary N) is 4. The number of carbonyl (C=O) groups excluding carboxylic acids is 3. The van der Waals surface area contributed by atoms with Crippen LogP contribution < -0.4 is 27.2 Å². The van der Waals surface area contributed by atoms with Crippen molar-refractivity contribution in [2.24, 2.45) is 5.73 Å². The van der Waals surface area contributed by atoms with E-state index in [1.165, 1.54) is 17.6 Å². The largest absolute Gasteiger partial charge is 0.339 e. The van der Waals surface area contributed by atoms with Gasteiger partial charge in [0, 0.05) is 30.6 Å². The number of amides is 3. The van der Waals surface area contributed by atoms with Crippen LogP contribution in [0.15, 0.2) is 77.7 Å². The normalized spacial score (nSPS) is 11.9. The van der Waals surface area contributed by atoms with Gasteiger partial charge in [0.1, 0.15) is 6.04 Å². The number of carbonyl (C=O) groups is 3. The molecule has 0 aliphatic rings. The van der Waals surface area contributed by atoms with E-state index in [0.29, 0.717) is 17.8 Å². The van der Waals surface area contributed by atoms with Crippen molar-refractivity contribution in [2.45, 2.75) is 17.5 Å². The molecule has 0 aromatic heterocycles. The first-order valence-electron chi connectivity index (χ1n) is 11.6. The van der Waals surface area contributed by atoms with E-state index in [-0.39, 0.29) is 23.9 Å². The summed E-state index contributed by atoms with van der Waals surface area (Å²) in [5.74, 6) is -1.54. The van der Waals surface area contributed by atoms with E-state index < -0.39 is 27.7 Å². The number of hydrogen-bond donors (Lipinski definition) is 6. The number of hydrogen-bond acceptors (Lipinski definition) is 8. The van der Waals surface area contributed by atoms with Gasteiger partial charge in [-0.15, -0.1) is 0 Å². The lowest BCUT2D eigenvalue weighted by Crippen LogP contribution is -2.50. The average molecular weight is 540 g/mol. The second-order valence-corrected chi connectivity index (χ2v) is 10.5. The van der Waals surface area contributed by atoms with E-state index in [9.17, 15) is 22.8 Å². The first-order chi connectivity index (χ1) is 18.1. The smallest absolute Gasteiger partial charge is 0.267 e. The van der Waals surface area contributed by atoms with Crippen molar-refractivity contribution in [2.75, 3.05) is 24.7 Å². The highest BCUT2D eigenvalue weighted by molar-refractivity contribution is 7.90. The lowest BCUT2D eigenvalue weighted by molar-refractivity contribution is -0.130. The first-order valence-corrected chi connectivity index (χ1v) is 13.4. The molecule has 0 unspecified atom stereocenters. The molecule has 0 fully saturated rings. The molecule has 200 valence electrons. The van der Waals surface area contributed by atoms with Gasteiger partial charge < -0.3 is 21.7 Å². The van der Waals surface area contributed by atoms with Gasteiger partial charge in [-0.25, -0.2) is 13.9 Å². The minimum atomic E-state index is -3.25. The van der Waals surface area contributed by atoms with Crippen LogP contribution in [-0.2, 0) is 26.0 Å². The van der Waals surface area contributed by atoms with E-state index in [2.05, 4.69) is 16.0 Å². The predicted octanol–water partition coefficient (Wildman–Crippen LogP) is 1.05. The van der Waals surface area contributed by atoms with E-state index in [1.807, 2.05) is 12.1 Å². The minimum absolute atomic E-state index is 0.0735. The van der Waals surface area contributed by atoms with Gasteiger partial charge in [-0.3, -0.25) is 19.6 Å². The number of benzene rings is 3. The fraction of sp³-hybridized carbons (Fsp3) is 0.192. The third-order valence-corrected chi connectivity index (χ3v) is 6.71. The third kappa shape index (κ3) is 7.95. The molecule has 3 rings (SSSR count). The standard InChI is InChI=1S/C26H29N5O6S/c1-38(36,37)22-12-2-17(3-13-22)15-28-16-24(32)29-21-10-8-19(9-11-21)18-4-6-20(7-5-18)25(33)30-23(14-27)26(34)31-35/h2-13,23,28,35H,14-16,27H2,1H3,(H,29,32)(H,30,33)(H,31,34)/t23-/m0/s1. The highest BCUT2D eigenvalue weighted by Gasteiger charge is 2.19. The van der Waals surface area contributed by atoms with Crippen molar-refractivity contribution in [3.63, 3.8) is 0 Å². The van der Waals surface area contributed by atoms with Crippen LogP contribution >= 0.6 is 0 Å². The summed E-state index contributed by atoms with van der Waals surface area (Å²) in [6.07, 6.45) is 1.15. The van der Waals surface area contributed by atoms with Gasteiger partial charge in [-0.1, -0.05) is 36.4 Å². The summed E-state index contributed by atoms with van der Waals surface area (Å²) in [5.41, 5.74) is 10.4. The fourth-order valence-electron chi connectivity index (χ4n) is 3.49. The molecule has 0 spiro atoms. The Balaban J connectivity index is 1.50. The predicted molar refractivity (Wildman–Crippen MR) is 142 cm³/mol. The van der Waals surface area contributed by atoms with Gasteiger partial charge in [0.2, 0.25) is 5.91 Å². The summed E-state index contributed by atoms with van der Waals surface area (Å²) in [5, 5.41) is 17.0. The second kappa shape index (κ2) is 12.9. The summed E-state index contributed by atoms with van der Waals surface area (Å²) < 4.78 is 23.1. The Kier molecular flexibility index (Phi) is 9.68. The number of nitrogens with two attached hydrogens (primary N) is 1. The Morgan fingerprint density at radius 3 is 2.00 bits per heavy atom. The van der Waals surface area contributed by atoms with Crippen molar-refractivity contribution < 1.29 is 28.0 Å². The van der Waals surface area contributed by atoms with E-state index in [0.717, 1.165) is 22.9 Å². The maximum absolute atomic E-state index is 12.3. The van der Waals surface area contributed by atoms with Gasteiger partial charge in [-0.05, 0) is 53.1 Å². The number of hydroxylamine groups is 1. The van der Waals surface area contributed by atoms with Crippen LogP contribution in [0.1, 0.15) is 15.9 Å². The maximum Gasteiger partial charge on any atom is 0.267 e. The molecule has 12 heteroatoms. The zero-order valence-electron chi connectivity index (χ0n) is 20.6. The Morgan fingerprint density at radius 1 is 0.895 bits per heavy atom. The molecule has 38 heavy (non-hydrogen) atoms. The molecule has 1 atom stereocenters. The quantitative estimate of drug-likeness (QED) is 0.154. The molecule has 0 aliphatic carbocycles. The maximum atomic E-state index is 12.3. The van der Waals surface area contributed by atoms with Crippen molar-refractivity contribution in [3.05, 3.63) is 83.9 Å².